The number of hydrogen-bond donors (Lipinski definition) is 1. The first-order chi connectivity index (χ1) is 15.0. The third-order valence-corrected chi connectivity index (χ3v) is 7.29. The number of hydrogen-bond acceptors (Lipinski definition) is 4. The maximum atomic E-state index is 13.3. The number of fused-ring (bicyclic) bond motifs is 1. The molecule has 0 bridgehead atoms. The summed E-state index contributed by atoms with van der Waals surface area (Å²) in [6.07, 6.45) is 7.00. The second-order valence-corrected chi connectivity index (χ2v) is 9.72. The minimum atomic E-state index is -0.306. The molecule has 1 fully saturated rings. The Kier molecular flexibility index (Phi) is 6.96. The first-order valence-corrected chi connectivity index (χ1v) is 12.4. The van der Waals surface area contributed by atoms with Crippen LogP contribution in [0.15, 0.2) is 47.8 Å². The lowest BCUT2D eigenvalue weighted by Gasteiger charge is -2.29. The molecule has 1 saturated carbocycles. The third-order valence-electron chi connectivity index (χ3n) is 6.27. The number of carbonyl (C=O) groups is 1. The lowest BCUT2D eigenvalue weighted by Crippen LogP contribution is -2.41. The van der Waals surface area contributed by atoms with Gasteiger partial charge in [-0.15, -0.1) is 0 Å². The van der Waals surface area contributed by atoms with Crippen LogP contribution >= 0.6 is 11.8 Å². The summed E-state index contributed by atoms with van der Waals surface area (Å²) in [5, 5.41) is 4.18. The Morgan fingerprint density at radius 2 is 1.94 bits per heavy atom. The van der Waals surface area contributed by atoms with Crippen molar-refractivity contribution in [2.75, 3.05) is 0 Å². The number of nitrogens with one attached hydrogen (secondary N) is 1. The van der Waals surface area contributed by atoms with Crippen LogP contribution in [0.2, 0.25) is 0 Å². The second kappa shape index (κ2) is 9.86. The predicted octanol–water partition coefficient (Wildman–Crippen LogP) is 5.68. The summed E-state index contributed by atoms with van der Waals surface area (Å²) in [4.78, 5) is 22.8. The van der Waals surface area contributed by atoms with Gasteiger partial charge >= 0.3 is 0 Å². The minimum absolute atomic E-state index is 0.0872. The molecule has 1 amide bonds. The van der Waals surface area contributed by atoms with Crippen LogP contribution in [-0.2, 0) is 10.5 Å². The van der Waals surface area contributed by atoms with Gasteiger partial charge in [-0.25, -0.2) is 9.97 Å². The lowest BCUT2D eigenvalue weighted by atomic mass is 9.87. The van der Waals surface area contributed by atoms with E-state index >= 15 is 0 Å². The van der Waals surface area contributed by atoms with E-state index in [1.165, 1.54) is 24.0 Å². The van der Waals surface area contributed by atoms with Gasteiger partial charge in [0.15, 0.2) is 10.8 Å². The van der Waals surface area contributed by atoms with Gasteiger partial charge in [0.1, 0.15) is 11.6 Å². The van der Waals surface area contributed by atoms with Crippen molar-refractivity contribution in [3.05, 3.63) is 53.7 Å². The van der Waals surface area contributed by atoms with E-state index in [-0.39, 0.29) is 18.0 Å². The molecule has 164 valence electrons. The summed E-state index contributed by atoms with van der Waals surface area (Å²) in [5.41, 5.74) is 4.13. The van der Waals surface area contributed by atoms with Crippen LogP contribution in [0, 0.1) is 12.8 Å². The van der Waals surface area contributed by atoms with Crippen LogP contribution in [0.3, 0.4) is 0 Å². The van der Waals surface area contributed by atoms with Crippen molar-refractivity contribution in [3.63, 3.8) is 0 Å². The Balaban J connectivity index is 1.58. The van der Waals surface area contributed by atoms with Gasteiger partial charge in [0.2, 0.25) is 5.91 Å². The van der Waals surface area contributed by atoms with Gasteiger partial charge in [-0.2, -0.15) is 0 Å². The van der Waals surface area contributed by atoms with Gasteiger partial charge in [0.05, 0.1) is 0 Å². The average Bonchev–Trinajstić information content (AvgIpc) is 3.14. The molecule has 0 radical (unpaired) electrons. The molecule has 31 heavy (non-hydrogen) atoms. The third kappa shape index (κ3) is 5.12. The Morgan fingerprint density at radius 1 is 1.19 bits per heavy atom. The molecular formula is C25H32N4OS. The molecule has 1 aromatic carbocycles. The van der Waals surface area contributed by atoms with Gasteiger partial charge in [0, 0.05) is 18.0 Å². The molecule has 1 atom stereocenters. The number of imidazole rings is 1. The Morgan fingerprint density at radius 3 is 2.65 bits per heavy atom. The van der Waals surface area contributed by atoms with E-state index in [1.807, 2.05) is 12.1 Å². The summed E-state index contributed by atoms with van der Waals surface area (Å²) in [7, 11) is 0. The predicted molar refractivity (Wildman–Crippen MR) is 127 cm³/mol. The first-order valence-electron chi connectivity index (χ1n) is 11.4. The zero-order chi connectivity index (χ0) is 21.8. The maximum absolute atomic E-state index is 13.3. The van der Waals surface area contributed by atoms with E-state index in [0.29, 0.717) is 6.42 Å². The molecule has 4 rings (SSSR count). The number of aryl methyl sites for hydroxylation is 1. The van der Waals surface area contributed by atoms with E-state index in [1.54, 1.807) is 18.0 Å². The average molecular weight is 437 g/mol. The van der Waals surface area contributed by atoms with Crippen LogP contribution in [0.4, 0.5) is 0 Å². The highest BCUT2D eigenvalue weighted by Crippen LogP contribution is 2.31. The number of benzene rings is 1. The normalized spacial score (nSPS) is 20.0. The largest absolute Gasteiger partial charge is 0.352 e. The van der Waals surface area contributed by atoms with Crippen LogP contribution in [0.5, 0.6) is 0 Å². The van der Waals surface area contributed by atoms with Crippen molar-refractivity contribution < 1.29 is 4.79 Å². The number of nitrogens with zero attached hydrogens (tertiary/aromatic N) is 3. The van der Waals surface area contributed by atoms with Gasteiger partial charge in [-0.3, -0.25) is 9.36 Å². The molecule has 2 aromatic heterocycles. The molecule has 0 spiro atoms. The van der Waals surface area contributed by atoms with Gasteiger partial charge in [-0.05, 0) is 62.6 Å². The topological polar surface area (TPSA) is 59.8 Å². The standard InChI is InChI=1S/C25H32N4OS/c1-4-22(24(30)27-20-13-9-18(3)10-14-20)29-23-21(6-5-15-26-23)28-25(29)31-16-19-11-7-17(2)8-12-19/h5-8,11-12,15,18,20,22H,4,9-10,13-14,16H2,1-3H3,(H,27,30). The van der Waals surface area contributed by atoms with Crippen molar-refractivity contribution in [2.24, 2.45) is 5.92 Å². The first kappa shape index (κ1) is 21.9. The molecule has 6 heteroatoms. The Hall–Kier alpha value is -2.34. The smallest absolute Gasteiger partial charge is 0.243 e. The summed E-state index contributed by atoms with van der Waals surface area (Å²) < 4.78 is 2.05. The fourth-order valence-corrected chi connectivity index (χ4v) is 5.31. The van der Waals surface area contributed by atoms with Gasteiger partial charge < -0.3 is 5.32 Å². The molecule has 0 aliphatic heterocycles. The SMILES string of the molecule is CCC(C(=O)NC1CCC(C)CC1)n1c(SCc2ccc(C)cc2)nc2cccnc21. The molecule has 3 aromatic rings. The van der Waals surface area contributed by atoms with E-state index in [4.69, 9.17) is 4.98 Å². The van der Waals surface area contributed by atoms with Crippen molar-refractivity contribution in [1.29, 1.82) is 0 Å². The number of pyridine rings is 1. The monoisotopic (exact) mass is 436 g/mol. The van der Waals surface area contributed by atoms with E-state index in [9.17, 15) is 4.79 Å². The van der Waals surface area contributed by atoms with Crippen molar-refractivity contribution in [3.8, 4) is 0 Å². The lowest BCUT2D eigenvalue weighted by molar-refractivity contribution is -0.125. The highest BCUT2D eigenvalue weighted by atomic mass is 32.2. The van der Waals surface area contributed by atoms with Crippen LogP contribution in [-0.4, -0.2) is 26.5 Å². The van der Waals surface area contributed by atoms with E-state index in [2.05, 4.69) is 59.9 Å². The number of carbonyl (C=O) groups excluding carboxylic acids is 1. The van der Waals surface area contributed by atoms with Crippen LogP contribution in [0.1, 0.15) is 63.1 Å². The van der Waals surface area contributed by atoms with Crippen molar-refractivity contribution >= 4 is 28.8 Å². The van der Waals surface area contributed by atoms with Gasteiger partial charge in [0.25, 0.3) is 0 Å². The summed E-state index contributed by atoms with van der Waals surface area (Å²) in [6, 6.07) is 12.4. The molecule has 1 aliphatic carbocycles. The molecular weight excluding hydrogens is 404 g/mol. The zero-order valence-corrected chi connectivity index (χ0v) is 19.5. The molecule has 5 nitrogen and oxygen atoms in total. The number of rotatable bonds is 7. The number of amides is 1. The summed E-state index contributed by atoms with van der Waals surface area (Å²) in [5.74, 6) is 1.66. The van der Waals surface area contributed by atoms with Crippen molar-refractivity contribution in [1.82, 2.24) is 19.9 Å². The quantitative estimate of drug-likeness (QED) is 0.484. The van der Waals surface area contributed by atoms with Crippen LogP contribution in [0.25, 0.3) is 11.2 Å². The van der Waals surface area contributed by atoms with Crippen LogP contribution < -0.4 is 5.32 Å². The number of aromatic nitrogens is 3. The molecule has 1 N–H and O–H groups in total. The molecule has 0 saturated heterocycles. The zero-order valence-electron chi connectivity index (χ0n) is 18.7. The summed E-state index contributed by atoms with van der Waals surface area (Å²) >= 11 is 1.67. The Bertz CT molecular complexity index is 1020. The Labute approximate surface area is 189 Å². The fraction of sp³-hybridized carbons (Fsp3) is 0.480. The highest BCUT2D eigenvalue weighted by molar-refractivity contribution is 7.98. The molecule has 1 unspecified atom stereocenters. The molecule has 1 aliphatic rings. The van der Waals surface area contributed by atoms with Crippen molar-refractivity contribution in [2.45, 2.75) is 75.9 Å². The highest BCUT2D eigenvalue weighted by Gasteiger charge is 2.28. The second-order valence-electron chi connectivity index (χ2n) is 8.77. The van der Waals surface area contributed by atoms with E-state index in [0.717, 1.165) is 40.8 Å². The number of thioether (sulfide) groups is 1. The van der Waals surface area contributed by atoms with E-state index < -0.39 is 0 Å². The minimum Gasteiger partial charge on any atom is -0.352 e. The van der Waals surface area contributed by atoms with Gasteiger partial charge in [-0.1, -0.05) is 55.4 Å². The fourth-order valence-electron chi connectivity index (χ4n) is 4.31. The molecule has 2 heterocycles. The summed E-state index contributed by atoms with van der Waals surface area (Å²) in [6.45, 7) is 6.46. The maximum Gasteiger partial charge on any atom is 0.243 e.